The van der Waals surface area contributed by atoms with Gasteiger partial charge in [-0.05, 0) is 35.9 Å². The molecule has 0 aromatic heterocycles. The highest BCUT2D eigenvalue weighted by Crippen LogP contribution is 2.17. The van der Waals surface area contributed by atoms with Crippen LogP contribution in [0.15, 0.2) is 36.4 Å². The molecule has 0 aliphatic rings. The van der Waals surface area contributed by atoms with Crippen LogP contribution >= 0.6 is 11.6 Å². The molecule has 0 fully saturated rings. The van der Waals surface area contributed by atoms with Gasteiger partial charge in [-0.3, -0.25) is 0 Å². The summed E-state index contributed by atoms with van der Waals surface area (Å²) in [4.78, 5) is 11.7. The first-order chi connectivity index (χ1) is 9.47. The fraction of sp³-hybridized carbons (Fsp3) is 0.0714. The highest BCUT2D eigenvalue weighted by atomic mass is 35.5. The van der Waals surface area contributed by atoms with Gasteiger partial charge in [0.1, 0.15) is 18.2 Å². The lowest BCUT2D eigenvalue weighted by atomic mass is 10.2. The molecular formula is C14H10ClF2NO2. The fourth-order valence-electron chi connectivity index (χ4n) is 1.53. The normalized spacial score (nSPS) is 10.3. The summed E-state index contributed by atoms with van der Waals surface area (Å²) in [5.41, 5.74) is 5.79. The summed E-state index contributed by atoms with van der Waals surface area (Å²) in [6.07, 6.45) is 0. The molecule has 0 saturated heterocycles. The van der Waals surface area contributed by atoms with Gasteiger partial charge in [-0.1, -0.05) is 17.7 Å². The van der Waals surface area contributed by atoms with E-state index < -0.39 is 17.6 Å². The van der Waals surface area contributed by atoms with Gasteiger partial charge in [0.05, 0.1) is 16.3 Å². The average molecular weight is 298 g/mol. The SMILES string of the molecule is Nc1cc(C(=O)OCc2ccc(Cl)c(F)c2)ccc1F. The van der Waals surface area contributed by atoms with Crippen LogP contribution in [-0.4, -0.2) is 5.97 Å². The third kappa shape index (κ3) is 3.24. The first-order valence-corrected chi connectivity index (χ1v) is 6.01. The number of carbonyl (C=O) groups excluding carboxylic acids is 1. The second kappa shape index (κ2) is 5.88. The summed E-state index contributed by atoms with van der Waals surface area (Å²) < 4.78 is 31.1. The van der Waals surface area contributed by atoms with Crippen molar-refractivity contribution in [2.24, 2.45) is 0 Å². The van der Waals surface area contributed by atoms with E-state index in [1.54, 1.807) is 0 Å². The second-order valence-corrected chi connectivity index (χ2v) is 4.47. The van der Waals surface area contributed by atoms with E-state index in [0.717, 1.165) is 6.07 Å². The minimum atomic E-state index is -0.674. The maximum Gasteiger partial charge on any atom is 0.338 e. The molecule has 2 rings (SSSR count). The lowest BCUT2D eigenvalue weighted by Crippen LogP contribution is -2.06. The number of anilines is 1. The molecule has 3 nitrogen and oxygen atoms in total. The van der Waals surface area contributed by atoms with Gasteiger partial charge in [-0.25, -0.2) is 13.6 Å². The van der Waals surface area contributed by atoms with Crippen molar-refractivity contribution in [3.8, 4) is 0 Å². The zero-order chi connectivity index (χ0) is 14.7. The van der Waals surface area contributed by atoms with E-state index in [1.165, 1.54) is 30.3 Å². The topological polar surface area (TPSA) is 52.3 Å². The number of halogens is 3. The number of esters is 1. The van der Waals surface area contributed by atoms with Gasteiger partial charge in [0, 0.05) is 0 Å². The van der Waals surface area contributed by atoms with Gasteiger partial charge in [0.25, 0.3) is 0 Å². The maximum absolute atomic E-state index is 13.2. The first kappa shape index (κ1) is 14.3. The van der Waals surface area contributed by atoms with Gasteiger partial charge in [-0.2, -0.15) is 0 Å². The number of hydrogen-bond acceptors (Lipinski definition) is 3. The lowest BCUT2D eigenvalue weighted by molar-refractivity contribution is 0.0472. The minimum Gasteiger partial charge on any atom is -0.457 e. The molecule has 0 unspecified atom stereocenters. The Labute approximate surface area is 118 Å². The number of carbonyl (C=O) groups is 1. The Hall–Kier alpha value is -2.14. The minimum absolute atomic E-state index is 0.00798. The molecule has 0 spiro atoms. The highest BCUT2D eigenvalue weighted by Gasteiger charge is 2.10. The van der Waals surface area contributed by atoms with Crippen LogP contribution in [0.25, 0.3) is 0 Å². The molecule has 104 valence electrons. The summed E-state index contributed by atoms with van der Waals surface area (Å²) in [7, 11) is 0. The van der Waals surface area contributed by atoms with E-state index in [0.29, 0.717) is 5.56 Å². The zero-order valence-corrected chi connectivity index (χ0v) is 11.0. The molecule has 6 heteroatoms. The first-order valence-electron chi connectivity index (χ1n) is 5.63. The Kier molecular flexibility index (Phi) is 4.20. The van der Waals surface area contributed by atoms with Crippen LogP contribution in [0.1, 0.15) is 15.9 Å². The van der Waals surface area contributed by atoms with Crippen LogP contribution in [0.5, 0.6) is 0 Å². The molecular weight excluding hydrogens is 288 g/mol. The van der Waals surface area contributed by atoms with Crippen LogP contribution in [0, 0.1) is 11.6 Å². The van der Waals surface area contributed by atoms with Crippen molar-refractivity contribution in [3.63, 3.8) is 0 Å². The van der Waals surface area contributed by atoms with E-state index >= 15 is 0 Å². The molecule has 2 aromatic rings. The molecule has 20 heavy (non-hydrogen) atoms. The Balaban J connectivity index is 2.04. The van der Waals surface area contributed by atoms with Crippen LogP contribution in [-0.2, 0) is 11.3 Å². The molecule has 0 aliphatic carbocycles. The third-order valence-electron chi connectivity index (χ3n) is 2.59. The van der Waals surface area contributed by atoms with Crippen LogP contribution in [0.4, 0.5) is 14.5 Å². The quantitative estimate of drug-likeness (QED) is 0.696. The molecule has 0 atom stereocenters. The van der Waals surface area contributed by atoms with E-state index in [4.69, 9.17) is 22.1 Å². The lowest BCUT2D eigenvalue weighted by Gasteiger charge is -2.06. The molecule has 0 aliphatic heterocycles. The number of ether oxygens (including phenoxy) is 1. The van der Waals surface area contributed by atoms with E-state index in [2.05, 4.69) is 0 Å². The fourth-order valence-corrected chi connectivity index (χ4v) is 1.65. The van der Waals surface area contributed by atoms with Crippen molar-refractivity contribution in [2.45, 2.75) is 6.61 Å². The molecule has 0 radical (unpaired) electrons. The molecule has 0 saturated carbocycles. The Morgan fingerprint density at radius 2 is 1.90 bits per heavy atom. The largest absolute Gasteiger partial charge is 0.457 e. The molecule has 2 N–H and O–H groups in total. The van der Waals surface area contributed by atoms with Gasteiger partial charge in [0.15, 0.2) is 0 Å². The third-order valence-corrected chi connectivity index (χ3v) is 2.89. The van der Waals surface area contributed by atoms with Gasteiger partial charge in [0.2, 0.25) is 0 Å². The summed E-state index contributed by atoms with van der Waals surface area (Å²) in [5.74, 6) is -1.88. The zero-order valence-electron chi connectivity index (χ0n) is 10.2. The molecule has 0 amide bonds. The predicted octanol–water partition coefficient (Wildman–Crippen LogP) is 3.56. The van der Waals surface area contributed by atoms with Gasteiger partial charge < -0.3 is 10.5 Å². The molecule has 0 bridgehead atoms. The Morgan fingerprint density at radius 3 is 2.55 bits per heavy atom. The van der Waals surface area contributed by atoms with Crippen molar-refractivity contribution < 1.29 is 18.3 Å². The average Bonchev–Trinajstić information content (AvgIpc) is 2.43. The standard InChI is InChI=1S/C14H10ClF2NO2/c15-10-3-1-8(5-12(10)17)7-20-14(19)9-2-4-11(16)13(18)6-9/h1-6H,7,18H2. The van der Waals surface area contributed by atoms with Crippen molar-refractivity contribution in [2.75, 3.05) is 5.73 Å². The van der Waals surface area contributed by atoms with Gasteiger partial charge >= 0.3 is 5.97 Å². The summed E-state index contributed by atoms with van der Waals surface area (Å²) in [6, 6.07) is 7.60. The van der Waals surface area contributed by atoms with Crippen LogP contribution in [0.3, 0.4) is 0 Å². The number of nitrogen functional groups attached to an aromatic ring is 1. The van der Waals surface area contributed by atoms with Crippen molar-refractivity contribution in [1.29, 1.82) is 0 Å². The Morgan fingerprint density at radius 1 is 1.15 bits per heavy atom. The molecule has 2 aromatic carbocycles. The van der Waals surface area contributed by atoms with E-state index in [9.17, 15) is 13.6 Å². The highest BCUT2D eigenvalue weighted by molar-refractivity contribution is 6.30. The summed E-state index contributed by atoms with van der Waals surface area (Å²) in [5, 5.41) is -0.00798. The van der Waals surface area contributed by atoms with Gasteiger partial charge in [-0.15, -0.1) is 0 Å². The number of rotatable bonds is 3. The second-order valence-electron chi connectivity index (χ2n) is 4.06. The van der Waals surface area contributed by atoms with E-state index in [-0.39, 0.29) is 22.9 Å². The number of benzene rings is 2. The van der Waals surface area contributed by atoms with Crippen molar-refractivity contribution >= 4 is 23.3 Å². The van der Waals surface area contributed by atoms with Crippen molar-refractivity contribution in [3.05, 3.63) is 64.2 Å². The van der Waals surface area contributed by atoms with Crippen LogP contribution < -0.4 is 5.73 Å². The molecule has 0 heterocycles. The monoisotopic (exact) mass is 297 g/mol. The van der Waals surface area contributed by atoms with E-state index in [1.807, 2.05) is 0 Å². The van der Waals surface area contributed by atoms with Crippen molar-refractivity contribution in [1.82, 2.24) is 0 Å². The summed E-state index contributed by atoms with van der Waals surface area (Å²) >= 11 is 5.54. The smallest absolute Gasteiger partial charge is 0.338 e. The Bertz CT molecular complexity index is 662. The number of hydrogen-bond donors (Lipinski definition) is 1. The number of nitrogens with two attached hydrogens (primary N) is 1. The predicted molar refractivity (Wildman–Crippen MR) is 71.3 cm³/mol. The maximum atomic E-state index is 13.2. The van der Waals surface area contributed by atoms with Crippen LogP contribution in [0.2, 0.25) is 5.02 Å². The summed E-state index contributed by atoms with van der Waals surface area (Å²) in [6.45, 7) is -0.121.